The number of rotatable bonds is 4. The summed E-state index contributed by atoms with van der Waals surface area (Å²) in [7, 11) is 1.63. The van der Waals surface area contributed by atoms with Gasteiger partial charge in [-0.15, -0.1) is 0 Å². The summed E-state index contributed by atoms with van der Waals surface area (Å²) in [5.74, 6) is -5.13. The third kappa shape index (κ3) is 4.12. The first-order chi connectivity index (χ1) is 13.1. The van der Waals surface area contributed by atoms with Gasteiger partial charge in [0, 0.05) is 44.2 Å². The number of aryl methyl sites for hydroxylation is 1. The van der Waals surface area contributed by atoms with E-state index in [1.165, 1.54) is 4.68 Å². The molecule has 0 radical (unpaired) electrons. The van der Waals surface area contributed by atoms with E-state index in [4.69, 9.17) is 4.74 Å². The van der Waals surface area contributed by atoms with E-state index < -0.39 is 36.9 Å². The van der Waals surface area contributed by atoms with Crippen molar-refractivity contribution in [1.29, 1.82) is 0 Å². The topological polar surface area (TPSA) is 56.2 Å². The molecule has 1 amide bonds. The van der Waals surface area contributed by atoms with Crippen molar-refractivity contribution in [2.75, 3.05) is 5.32 Å². The van der Waals surface area contributed by atoms with Crippen molar-refractivity contribution in [2.45, 2.75) is 88.6 Å². The van der Waals surface area contributed by atoms with Crippen molar-refractivity contribution >= 4 is 11.9 Å². The molecule has 5 nitrogen and oxygen atoms in total. The number of ether oxygens (including phenoxy) is 1. The lowest BCUT2D eigenvalue weighted by molar-refractivity contribution is -0.142. The molecule has 0 spiro atoms. The highest BCUT2D eigenvalue weighted by Crippen LogP contribution is 2.52. The number of amides is 1. The quantitative estimate of drug-likeness (QED) is 0.666. The van der Waals surface area contributed by atoms with Gasteiger partial charge < -0.3 is 4.74 Å². The first-order valence-corrected chi connectivity index (χ1v) is 9.94. The number of halogens is 4. The molecule has 1 aromatic heterocycles. The molecule has 1 heterocycles. The number of carbonyl (C=O) groups excluding carboxylic acids is 1. The summed E-state index contributed by atoms with van der Waals surface area (Å²) >= 11 is 0. The van der Waals surface area contributed by atoms with Gasteiger partial charge in [-0.2, -0.15) is 5.10 Å². The number of nitrogens with one attached hydrogen (secondary N) is 1. The van der Waals surface area contributed by atoms with E-state index in [0.717, 1.165) is 24.8 Å². The van der Waals surface area contributed by atoms with Crippen LogP contribution in [-0.2, 0) is 11.8 Å². The number of aromatic nitrogens is 2. The Hall–Kier alpha value is -1.80. The summed E-state index contributed by atoms with van der Waals surface area (Å²) in [5.41, 5.74) is 1.42. The molecule has 3 saturated carbocycles. The highest BCUT2D eigenvalue weighted by molar-refractivity contribution is 5.85. The van der Waals surface area contributed by atoms with Crippen LogP contribution in [0.25, 0.3) is 0 Å². The van der Waals surface area contributed by atoms with Gasteiger partial charge in [-0.1, -0.05) is 20.3 Å². The van der Waals surface area contributed by atoms with Gasteiger partial charge in [0.15, 0.2) is 0 Å². The number of nitrogens with zero attached hydrogens (tertiary/aromatic N) is 2. The van der Waals surface area contributed by atoms with Crippen molar-refractivity contribution in [3.8, 4) is 0 Å². The van der Waals surface area contributed by atoms with Gasteiger partial charge in [-0.3, -0.25) is 10.00 Å². The normalized spacial score (nSPS) is 23.5. The lowest BCUT2D eigenvalue weighted by Crippen LogP contribution is -2.43. The fraction of sp³-hybridized carbons (Fsp3) is 0.789. The Balaban J connectivity index is 0.00000109. The number of carbonyl (C=O) groups is 1. The average Bonchev–Trinajstić information content (AvgIpc) is 2.80. The zero-order chi connectivity index (χ0) is 20.7. The van der Waals surface area contributed by atoms with Crippen LogP contribution >= 0.6 is 0 Å². The maximum atomic E-state index is 13.3. The van der Waals surface area contributed by atoms with Crippen LogP contribution in [0.4, 0.5) is 28.2 Å². The molecule has 158 valence electrons. The summed E-state index contributed by atoms with van der Waals surface area (Å²) in [6, 6.07) is 0. The second-order valence-corrected chi connectivity index (χ2v) is 7.78. The maximum Gasteiger partial charge on any atom is 0.413 e. The summed E-state index contributed by atoms with van der Waals surface area (Å²) in [6.07, 6.45) is -0.125. The molecule has 3 aliphatic carbocycles. The van der Waals surface area contributed by atoms with Crippen LogP contribution in [0.1, 0.15) is 81.9 Å². The van der Waals surface area contributed by atoms with E-state index in [1.807, 2.05) is 13.8 Å². The molecule has 3 fully saturated rings. The first-order valence-electron chi connectivity index (χ1n) is 9.94. The van der Waals surface area contributed by atoms with E-state index in [-0.39, 0.29) is 24.7 Å². The summed E-state index contributed by atoms with van der Waals surface area (Å²) in [5, 5.41) is 6.99. The van der Waals surface area contributed by atoms with E-state index in [0.29, 0.717) is 11.5 Å². The molecular formula is C19H27F4N3O2. The predicted molar refractivity (Wildman–Crippen MR) is 96.1 cm³/mol. The molecule has 0 atom stereocenters. The monoisotopic (exact) mass is 405 g/mol. The summed E-state index contributed by atoms with van der Waals surface area (Å²) in [6.45, 7) is 4.00. The molecular weight excluding hydrogens is 378 g/mol. The Morgan fingerprint density at radius 1 is 1.07 bits per heavy atom. The molecule has 0 aliphatic heterocycles. The highest BCUT2D eigenvalue weighted by atomic mass is 19.3. The average molecular weight is 405 g/mol. The third-order valence-electron chi connectivity index (χ3n) is 5.65. The molecule has 4 rings (SSSR count). The first kappa shape index (κ1) is 20.9. The molecule has 28 heavy (non-hydrogen) atoms. The van der Waals surface area contributed by atoms with Gasteiger partial charge in [0.05, 0.1) is 5.69 Å². The zero-order valence-corrected chi connectivity index (χ0v) is 16.4. The Morgan fingerprint density at radius 2 is 1.64 bits per heavy atom. The Morgan fingerprint density at radius 3 is 2.11 bits per heavy atom. The minimum Gasteiger partial charge on any atom is -0.445 e. The van der Waals surface area contributed by atoms with Gasteiger partial charge in [0.2, 0.25) is 5.92 Å². The van der Waals surface area contributed by atoms with Crippen molar-refractivity contribution in [2.24, 2.45) is 7.05 Å². The van der Waals surface area contributed by atoms with Crippen molar-refractivity contribution < 1.29 is 27.1 Å². The Labute approximate surface area is 161 Å². The van der Waals surface area contributed by atoms with E-state index in [2.05, 4.69) is 10.4 Å². The molecule has 0 bridgehead atoms. The Bertz CT molecular complexity index is 715. The van der Waals surface area contributed by atoms with Crippen LogP contribution in [0.3, 0.4) is 0 Å². The van der Waals surface area contributed by atoms with Gasteiger partial charge in [-0.05, 0) is 18.8 Å². The largest absolute Gasteiger partial charge is 0.445 e. The zero-order valence-electron chi connectivity index (χ0n) is 16.4. The van der Waals surface area contributed by atoms with Crippen LogP contribution in [0, 0.1) is 0 Å². The predicted octanol–water partition coefficient (Wildman–Crippen LogP) is 5.57. The maximum absolute atomic E-state index is 13.3. The highest BCUT2D eigenvalue weighted by Gasteiger charge is 2.49. The number of hydrogen-bond acceptors (Lipinski definition) is 3. The van der Waals surface area contributed by atoms with Gasteiger partial charge in [0.25, 0.3) is 5.92 Å². The molecule has 0 aromatic carbocycles. The summed E-state index contributed by atoms with van der Waals surface area (Å²) < 4.78 is 58.8. The lowest BCUT2D eigenvalue weighted by Gasteiger charge is -2.36. The molecule has 9 heteroatoms. The molecule has 0 saturated heterocycles. The number of alkyl halides is 4. The Kier molecular flexibility index (Phi) is 5.64. The standard InChI is InChI=1S/C17H21F4N3O2.C2H6/c1-24-14(22-15(25)26-11-7-17(20,21)8-11)12(9-3-2-4-9)13(23-24)10-5-16(18,19)6-10;1-2/h9-11H,2-8H2,1H3,(H,22,25);1-2H3. The number of anilines is 1. The van der Waals surface area contributed by atoms with Gasteiger partial charge >= 0.3 is 6.09 Å². The third-order valence-corrected chi connectivity index (χ3v) is 5.65. The summed E-state index contributed by atoms with van der Waals surface area (Å²) in [4.78, 5) is 12.1. The van der Waals surface area contributed by atoms with Gasteiger partial charge in [-0.25, -0.2) is 22.4 Å². The van der Waals surface area contributed by atoms with Crippen molar-refractivity contribution in [3.63, 3.8) is 0 Å². The molecule has 1 N–H and O–H groups in total. The molecule has 3 aliphatic rings. The minimum absolute atomic E-state index is 0.177. The van der Waals surface area contributed by atoms with Crippen LogP contribution in [0.15, 0.2) is 0 Å². The second kappa shape index (κ2) is 7.55. The van der Waals surface area contributed by atoms with Crippen LogP contribution < -0.4 is 5.32 Å². The fourth-order valence-corrected chi connectivity index (χ4v) is 3.93. The molecule has 1 aromatic rings. The number of hydrogen-bond donors (Lipinski definition) is 1. The van der Waals surface area contributed by atoms with Crippen LogP contribution in [0.5, 0.6) is 0 Å². The van der Waals surface area contributed by atoms with Crippen molar-refractivity contribution in [1.82, 2.24) is 9.78 Å². The van der Waals surface area contributed by atoms with E-state index >= 15 is 0 Å². The van der Waals surface area contributed by atoms with E-state index in [9.17, 15) is 22.4 Å². The van der Waals surface area contributed by atoms with Crippen LogP contribution in [0.2, 0.25) is 0 Å². The second-order valence-electron chi connectivity index (χ2n) is 7.78. The van der Waals surface area contributed by atoms with Crippen molar-refractivity contribution in [3.05, 3.63) is 11.3 Å². The van der Waals surface area contributed by atoms with Crippen LogP contribution in [-0.4, -0.2) is 33.8 Å². The molecule has 0 unspecified atom stereocenters. The van der Waals surface area contributed by atoms with E-state index in [1.54, 1.807) is 7.05 Å². The van der Waals surface area contributed by atoms with Gasteiger partial charge in [0.1, 0.15) is 11.9 Å². The lowest BCUT2D eigenvalue weighted by atomic mass is 9.73. The SMILES string of the molecule is CC.Cn1nc(C2CC(F)(F)C2)c(C2CCC2)c1NC(=O)OC1CC(F)(F)C1. The minimum atomic E-state index is -2.77. The fourth-order valence-electron chi connectivity index (χ4n) is 3.93. The smallest absolute Gasteiger partial charge is 0.413 e.